The Morgan fingerprint density at radius 2 is 2.44 bits per heavy atom. The summed E-state index contributed by atoms with van der Waals surface area (Å²) in [6, 6.07) is 3.08. The van der Waals surface area contributed by atoms with E-state index in [4.69, 9.17) is 0 Å². The third kappa shape index (κ3) is 2.21. The quantitative estimate of drug-likeness (QED) is 0.682. The van der Waals surface area contributed by atoms with Crippen molar-refractivity contribution < 1.29 is 9.18 Å². The van der Waals surface area contributed by atoms with Crippen LogP contribution >= 0.6 is 0 Å². The molecule has 1 aromatic heterocycles. The summed E-state index contributed by atoms with van der Waals surface area (Å²) in [5.41, 5.74) is 0.0802. The van der Waals surface area contributed by atoms with Gasteiger partial charge in [-0.1, -0.05) is 6.92 Å². The first-order valence-electron chi connectivity index (χ1n) is 5.58. The number of likely N-dealkylation sites (tertiary alicyclic amines) is 1. The zero-order valence-electron chi connectivity index (χ0n) is 9.32. The minimum atomic E-state index is -0.675. The normalized spacial score (nSPS) is 20.9. The largest absolute Gasteiger partial charge is 0.338 e. The van der Waals surface area contributed by atoms with Crippen molar-refractivity contribution in [1.82, 2.24) is 9.88 Å². The van der Waals surface area contributed by atoms with Gasteiger partial charge in [-0.2, -0.15) is 4.39 Å². The predicted octanol–water partition coefficient (Wildman–Crippen LogP) is 2.09. The summed E-state index contributed by atoms with van der Waals surface area (Å²) in [6.45, 7) is 3.55. The lowest BCUT2D eigenvalue weighted by Gasteiger charge is -2.30. The van der Waals surface area contributed by atoms with E-state index in [0.717, 1.165) is 19.4 Å². The second-order valence-electron chi connectivity index (χ2n) is 4.34. The Balaban J connectivity index is 2.16. The molecule has 0 aliphatic carbocycles. The summed E-state index contributed by atoms with van der Waals surface area (Å²) >= 11 is 0. The van der Waals surface area contributed by atoms with E-state index >= 15 is 0 Å². The zero-order valence-corrected chi connectivity index (χ0v) is 9.32. The van der Waals surface area contributed by atoms with E-state index in [1.807, 2.05) is 0 Å². The van der Waals surface area contributed by atoms with Crippen molar-refractivity contribution in [2.45, 2.75) is 19.8 Å². The summed E-state index contributed by atoms with van der Waals surface area (Å²) in [6.07, 6.45) is 3.49. The average molecular weight is 222 g/mol. The topological polar surface area (TPSA) is 33.2 Å². The molecule has 3 nitrogen and oxygen atoms in total. The first-order valence-corrected chi connectivity index (χ1v) is 5.58. The Hall–Kier alpha value is -1.45. The number of aromatic nitrogens is 1. The number of piperidine rings is 1. The van der Waals surface area contributed by atoms with Crippen LogP contribution in [0.5, 0.6) is 0 Å². The molecule has 1 aliphatic heterocycles. The van der Waals surface area contributed by atoms with Gasteiger partial charge in [0, 0.05) is 19.3 Å². The van der Waals surface area contributed by atoms with Crippen molar-refractivity contribution in [2.75, 3.05) is 13.1 Å². The first kappa shape index (κ1) is 11.0. The van der Waals surface area contributed by atoms with Crippen LogP contribution in [0.3, 0.4) is 0 Å². The molecule has 1 amide bonds. The van der Waals surface area contributed by atoms with Crippen molar-refractivity contribution >= 4 is 5.91 Å². The molecule has 0 spiro atoms. The molecule has 86 valence electrons. The highest BCUT2D eigenvalue weighted by Gasteiger charge is 2.24. The van der Waals surface area contributed by atoms with E-state index < -0.39 is 5.95 Å². The minimum absolute atomic E-state index is 0.0802. The fraction of sp³-hybridized carbons (Fsp3) is 0.500. The lowest BCUT2D eigenvalue weighted by Crippen LogP contribution is -2.39. The number of amides is 1. The van der Waals surface area contributed by atoms with Crippen LogP contribution in [0.25, 0.3) is 0 Å². The number of carbonyl (C=O) groups is 1. The maximum atomic E-state index is 13.3. The molecule has 2 heterocycles. The lowest BCUT2D eigenvalue weighted by molar-refractivity contribution is 0.0677. The van der Waals surface area contributed by atoms with Gasteiger partial charge in [0.15, 0.2) is 0 Å². The molecule has 1 aliphatic rings. The van der Waals surface area contributed by atoms with Gasteiger partial charge in [0.05, 0.1) is 5.56 Å². The molecule has 0 N–H and O–H groups in total. The molecule has 16 heavy (non-hydrogen) atoms. The van der Waals surface area contributed by atoms with Gasteiger partial charge in [-0.3, -0.25) is 4.79 Å². The van der Waals surface area contributed by atoms with Crippen molar-refractivity contribution in [3.63, 3.8) is 0 Å². The second kappa shape index (κ2) is 4.60. The van der Waals surface area contributed by atoms with E-state index in [9.17, 15) is 9.18 Å². The molecule has 4 heteroatoms. The van der Waals surface area contributed by atoms with Gasteiger partial charge < -0.3 is 4.90 Å². The number of hydrogen-bond acceptors (Lipinski definition) is 2. The fourth-order valence-electron chi connectivity index (χ4n) is 2.09. The van der Waals surface area contributed by atoms with Gasteiger partial charge in [-0.05, 0) is 30.9 Å². The molecule has 0 aromatic carbocycles. The van der Waals surface area contributed by atoms with Gasteiger partial charge in [-0.25, -0.2) is 4.98 Å². The second-order valence-corrected chi connectivity index (χ2v) is 4.34. The average Bonchev–Trinajstić information content (AvgIpc) is 2.29. The van der Waals surface area contributed by atoms with Crippen molar-refractivity contribution in [3.05, 3.63) is 29.8 Å². The van der Waals surface area contributed by atoms with Gasteiger partial charge in [0.1, 0.15) is 0 Å². The van der Waals surface area contributed by atoms with E-state index in [1.165, 1.54) is 12.3 Å². The number of carbonyl (C=O) groups excluding carboxylic acids is 1. The van der Waals surface area contributed by atoms with Crippen LogP contribution < -0.4 is 0 Å². The molecule has 0 saturated carbocycles. The Morgan fingerprint density at radius 1 is 1.62 bits per heavy atom. The Kier molecular flexibility index (Phi) is 3.17. The number of halogens is 1. The zero-order chi connectivity index (χ0) is 11.5. The van der Waals surface area contributed by atoms with Crippen molar-refractivity contribution in [2.24, 2.45) is 5.92 Å². The van der Waals surface area contributed by atoms with Crippen LogP contribution in [0, 0.1) is 11.9 Å². The van der Waals surface area contributed by atoms with Crippen LogP contribution in [0.15, 0.2) is 18.3 Å². The van der Waals surface area contributed by atoms with Gasteiger partial charge >= 0.3 is 0 Å². The number of hydrogen-bond donors (Lipinski definition) is 0. The minimum Gasteiger partial charge on any atom is -0.338 e. The van der Waals surface area contributed by atoms with Gasteiger partial charge in [-0.15, -0.1) is 0 Å². The van der Waals surface area contributed by atoms with Crippen molar-refractivity contribution in [1.29, 1.82) is 0 Å². The molecule has 1 fully saturated rings. The van der Waals surface area contributed by atoms with Crippen LogP contribution in [0.2, 0.25) is 0 Å². The van der Waals surface area contributed by atoms with E-state index in [-0.39, 0.29) is 11.5 Å². The van der Waals surface area contributed by atoms with Crippen LogP contribution in [0.4, 0.5) is 4.39 Å². The number of pyridine rings is 1. The molecule has 1 aromatic rings. The first-order chi connectivity index (χ1) is 7.68. The Bertz CT molecular complexity index is 394. The molecule has 1 saturated heterocycles. The summed E-state index contributed by atoms with van der Waals surface area (Å²) in [7, 11) is 0. The predicted molar refractivity (Wildman–Crippen MR) is 58.5 cm³/mol. The fourth-order valence-corrected chi connectivity index (χ4v) is 2.09. The molecule has 1 atom stereocenters. The number of nitrogens with zero attached hydrogens (tertiary/aromatic N) is 2. The molecule has 0 radical (unpaired) electrons. The maximum Gasteiger partial charge on any atom is 0.258 e. The monoisotopic (exact) mass is 222 g/mol. The van der Waals surface area contributed by atoms with Gasteiger partial charge in [0.25, 0.3) is 5.91 Å². The van der Waals surface area contributed by atoms with Crippen LogP contribution in [-0.2, 0) is 0 Å². The highest BCUT2D eigenvalue weighted by molar-refractivity contribution is 5.94. The van der Waals surface area contributed by atoms with Crippen LogP contribution in [0.1, 0.15) is 30.1 Å². The standard InChI is InChI=1S/C12H15FN2O/c1-9-4-3-7-15(8-9)12(16)10-5-2-6-14-11(10)13/h2,5-6,9H,3-4,7-8H2,1H3. The lowest BCUT2D eigenvalue weighted by atomic mass is 10.00. The third-order valence-electron chi connectivity index (χ3n) is 2.93. The van der Waals surface area contributed by atoms with Crippen molar-refractivity contribution in [3.8, 4) is 0 Å². The molecule has 0 bridgehead atoms. The summed E-state index contributed by atoms with van der Waals surface area (Å²) < 4.78 is 13.3. The highest BCUT2D eigenvalue weighted by Crippen LogP contribution is 2.18. The molecular formula is C12H15FN2O. The van der Waals surface area contributed by atoms with E-state index in [0.29, 0.717) is 12.5 Å². The summed E-state index contributed by atoms with van der Waals surface area (Å²) in [4.78, 5) is 17.2. The SMILES string of the molecule is CC1CCCN(C(=O)c2cccnc2F)C1. The highest BCUT2D eigenvalue weighted by atomic mass is 19.1. The third-order valence-corrected chi connectivity index (χ3v) is 2.93. The summed E-state index contributed by atoms with van der Waals surface area (Å²) in [5, 5.41) is 0. The van der Waals surface area contributed by atoms with Gasteiger partial charge in [0.2, 0.25) is 5.95 Å². The smallest absolute Gasteiger partial charge is 0.258 e. The molecular weight excluding hydrogens is 207 g/mol. The number of rotatable bonds is 1. The molecule has 2 rings (SSSR count). The maximum absolute atomic E-state index is 13.3. The van der Waals surface area contributed by atoms with E-state index in [2.05, 4.69) is 11.9 Å². The van der Waals surface area contributed by atoms with Crippen LogP contribution in [-0.4, -0.2) is 28.9 Å². The summed E-state index contributed by atoms with van der Waals surface area (Å²) in [5.74, 6) is -0.416. The molecule has 1 unspecified atom stereocenters. The van der Waals surface area contributed by atoms with E-state index in [1.54, 1.807) is 11.0 Å². The Morgan fingerprint density at radius 3 is 3.12 bits per heavy atom. The Labute approximate surface area is 94.3 Å².